The molecule has 0 aliphatic heterocycles. The molecule has 0 heterocycles. The Hall–Kier alpha value is -0.530. The van der Waals surface area contributed by atoms with Crippen LogP contribution in [-0.2, 0) is 9.59 Å². The van der Waals surface area contributed by atoms with E-state index in [0.29, 0.717) is 0 Å². The smallest absolute Gasteiger partial charge is 0.233 e. The first-order valence-electron chi connectivity index (χ1n) is 3.29. The summed E-state index contributed by atoms with van der Waals surface area (Å²) in [4.78, 5) is 21.5. The van der Waals surface area contributed by atoms with Gasteiger partial charge in [0, 0.05) is 0 Å². The first kappa shape index (κ1) is 12.5. The standard InChI is InChI=1S/C6H9ClO6/c7-6(13)5(12)4(11)3(10)2(9)1-8/h2,5-6,8-9,12-13H,1H2/t2-,5-,6?/m0/s1. The molecule has 3 atom stereocenters. The zero-order valence-corrected chi connectivity index (χ0v) is 7.18. The predicted molar refractivity (Wildman–Crippen MR) is 41.0 cm³/mol. The number of rotatable bonds is 5. The van der Waals surface area contributed by atoms with Crippen LogP contribution in [-0.4, -0.2) is 56.4 Å². The van der Waals surface area contributed by atoms with Crippen molar-refractivity contribution in [1.82, 2.24) is 0 Å². The summed E-state index contributed by atoms with van der Waals surface area (Å²) in [5.41, 5.74) is -1.91. The van der Waals surface area contributed by atoms with Gasteiger partial charge in [0.25, 0.3) is 0 Å². The summed E-state index contributed by atoms with van der Waals surface area (Å²) in [7, 11) is 0. The molecule has 0 bridgehead atoms. The molecule has 0 aromatic carbocycles. The summed E-state index contributed by atoms with van der Waals surface area (Å²) in [6, 6.07) is 0. The van der Waals surface area contributed by atoms with Crippen LogP contribution in [0, 0.1) is 0 Å². The molecule has 7 heteroatoms. The number of halogens is 1. The molecule has 0 aliphatic rings. The highest BCUT2D eigenvalue weighted by Gasteiger charge is 2.31. The normalized spacial score (nSPS) is 17.6. The number of hydrogen-bond donors (Lipinski definition) is 4. The Morgan fingerprint density at radius 2 is 1.62 bits per heavy atom. The maximum Gasteiger partial charge on any atom is 0.233 e. The number of aliphatic hydroxyl groups is 4. The number of hydrogen-bond acceptors (Lipinski definition) is 6. The average molecular weight is 213 g/mol. The molecule has 0 fully saturated rings. The second kappa shape index (κ2) is 5.25. The van der Waals surface area contributed by atoms with Gasteiger partial charge in [-0.3, -0.25) is 9.59 Å². The molecule has 4 N–H and O–H groups in total. The SMILES string of the molecule is O=C(C(=O)[C@H](O)C(O)Cl)[C@@H](O)CO. The van der Waals surface area contributed by atoms with Crippen LogP contribution in [0.25, 0.3) is 0 Å². The number of carbonyl (C=O) groups is 2. The summed E-state index contributed by atoms with van der Waals surface area (Å²) in [5, 5.41) is 34.2. The number of carbonyl (C=O) groups excluding carboxylic acids is 2. The summed E-state index contributed by atoms with van der Waals surface area (Å²) >= 11 is 4.90. The molecular weight excluding hydrogens is 204 g/mol. The predicted octanol–water partition coefficient (Wildman–Crippen LogP) is -2.60. The van der Waals surface area contributed by atoms with Gasteiger partial charge in [-0.15, -0.1) is 0 Å². The highest BCUT2D eigenvalue weighted by molar-refractivity contribution is 6.41. The van der Waals surface area contributed by atoms with Gasteiger partial charge in [-0.1, -0.05) is 11.6 Å². The third kappa shape index (κ3) is 3.37. The van der Waals surface area contributed by atoms with Crippen LogP contribution in [0.1, 0.15) is 0 Å². The zero-order valence-electron chi connectivity index (χ0n) is 6.42. The molecule has 0 saturated carbocycles. The van der Waals surface area contributed by atoms with E-state index in [4.69, 9.17) is 32.0 Å². The molecule has 1 unspecified atom stereocenters. The number of ketones is 2. The molecular formula is C6H9ClO6. The van der Waals surface area contributed by atoms with E-state index < -0.39 is 35.9 Å². The van der Waals surface area contributed by atoms with Gasteiger partial charge in [-0.25, -0.2) is 0 Å². The van der Waals surface area contributed by atoms with E-state index in [-0.39, 0.29) is 0 Å². The number of Topliss-reactive ketones (excluding diaryl/α,β-unsaturated/α-hetero) is 2. The third-order valence-electron chi connectivity index (χ3n) is 1.25. The molecule has 13 heavy (non-hydrogen) atoms. The molecule has 0 amide bonds. The average Bonchev–Trinajstić information content (AvgIpc) is 2.12. The molecule has 0 aromatic rings. The Balaban J connectivity index is 4.34. The maximum atomic E-state index is 10.8. The van der Waals surface area contributed by atoms with Crippen LogP contribution in [0.15, 0.2) is 0 Å². The van der Waals surface area contributed by atoms with Crippen molar-refractivity contribution >= 4 is 23.2 Å². The van der Waals surface area contributed by atoms with Gasteiger partial charge in [0.1, 0.15) is 6.10 Å². The second-order valence-corrected chi connectivity index (χ2v) is 2.69. The van der Waals surface area contributed by atoms with Gasteiger partial charge in [0.05, 0.1) is 6.61 Å². The highest BCUT2D eigenvalue weighted by atomic mass is 35.5. The molecule has 6 nitrogen and oxygen atoms in total. The Morgan fingerprint density at radius 3 is 1.92 bits per heavy atom. The lowest BCUT2D eigenvalue weighted by atomic mass is 10.1. The number of aliphatic hydroxyl groups excluding tert-OH is 4. The molecule has 0 aliphatic carbocycles. The van der Waals surface area contributed by atoms with Crippen molar-refractivity contribution in [2.75, 3.05) is 6.61 Å². The fraction of sp³-hybridized carbons (Fsp3) is 0.667. The Labute approximate surface area is 78.4 Å². The van der Waals surface area contributed by atoms with E-state index in [1.807, 2.05) is 0 Å². The minimum atomic E-state index is -2.09. The molecule has 0 saturated heterocycles. The van der Waals surface area contributed by atoms with Crippen molar-refractivity contribution in [2.24, 2.45) is 0 Å². The quantitative estimate of drug-likeness (QED) is 0.293. The van der Waals surface area contributed by atoms with Crippen LogP contribution in [0.5, 0.6) is 0 Å². The summed E-state index contributed by atoms with van der Waals surface area (Å²) in [6.07, 6.45) is -3.98. The van der Waals surface area contributed by atoms with E-state index in [0.717, 1.165) is 0 Å². The van der Waals surface area contributed by atoms with Crippen molar-refractivity contribution in [3.63, 3.8) is 0 Å². The molecule has 76 valence electrons. The second-order valence-electron chi connectivity index (χ2n) is 2.24. The van der Waals surface area contributed by atoms with Crippen molar-refractivity contribution in [3.8, 4) is 0 Å². The van der Waals surface area contributed by atoms with Crippen molar-refractivity contribution in [1.29, 1.82) is 0 Å². The van der Waals surface area contributed by atoms with Gasteiger partial charge in [-0.2, -0.15) is 0 Å². The molecule has 0 spiro atoms. The minimum Gasteiger partial charge on any atom is -0.393 e. The fourth-order valence-corrected chi connectivity index (χ4v) is 0.632. The lowest BCUT2D eigenvalue weighted by Gasteiger charge is -2.11. The lowest BCUT2D eigenvalue weighted by Crippen LogP contribution is -2.41. The van der Waals surface area contributed by atoms with Crippen LogP contribution in [0.2, 0.25) is 0 Å². The summed E-state index contributed by atoms with van der Waals surface area (Å²) in [6.45, 7) is -0.935. The monoisotopic (exact) mass is 212 g/mol. The minimum absolute atomic E-state index is 0.935. The topological polar surface area (TPSA) is 115 Å². The largest absolute Gasteiger partial charge is 0.393 e. The zero-order chi connectivity index (χ0) is 10.6. The van der Waals surface area contributed by atoms with Crippen LogP contribution < -0.4 is 0 Å². The fourth-order valence-electron chi connectivity index (χ4n) is 0.518. The van der Waals surface area contributed by atoms with Crippen molar-refractivity contribution in [2.45, 2.75) is 17.8 Å². The van der Waals surface area contributed by atoms with E-state index in [1.165, 1.54) is 0 Å². The van der Waals surface area contributed by atoms with E-state index >= 15 is 0 Å². The summed E-state index contributed by atoms with van der Waals surface area (Å²) < 4.78 is 0. The van der Waals surface area contributed by atoms with Crippen LogP contribution in [0.3, 0.4) is 0 Å². The lowest BCUT2D eigenvalue weighted by molar-refractivity contribution is -0.148. The Kier molecular flexibility index (Phi) is 5.04. The van der Waals surface area contributed by atoms with Crippen molar-refractivity contribution in [3.05, 3.63) is 0 Å². The summed E-state index contributed by atoms with van der Waals surface area (Å²) in [5.74, 6) is -2.83. The molecule has 0 rings (SSSR count). The molecule has 0 radical (unpaired) electrons. The van der Waals surface area contributed by atoms with Crippen molar-refractivity contribution < 1.29 is 30.0 Å². The third-order valence-corrected chi connectivity index (χ3v) is 1.49. The van der Waals surface area contributed by atoms with Gasteiger partial charge in [0.2, 0.25) is 11.6 Å². The number of alkyl halides is 1. The first-order chi connectivity index (χ1) is 5.91. The van der Waals surface area contributed by atoms with E-state index in [2.05, 4.69) is 0 Å². The van der Waals surface area contributed by atoms with Gasteiger partial charge in [-0.05, 0) is 0 Å². The van der Waals surface area contributed by atoms with Gasteiger partial charge in [0.15, 0.2) is 11.7 Å². The maximum absolute atomic E-state index is 10.8. The Bertz CT molecular complexity index is 203. The van der Waals surface area contributed by atoms with Gasteiger partial charge < -0.3 is 20.4 Å². The van der Waals surface area contributed by atoms with E-state index in [1.54, 1.807) is 0 Å². The Morgan fingerprint density at radius 1 is 1.15 bits per heavy atom. The first-order valence-corrected chi connectivity index (χ1v) is 3.72. The molecule has 0 aromatic heterocycles. The van der Waals surface area contributed by atoms with Crippen LogP contribution >= 0.6 is 11.6 Å². The van der Waals surface area contributed by atoms with Gasteiger partial charge >= 0.3 is 0 Å². The van der Waals surface area contributed by atoms with E-state index in [9.17, 15) is 9.59 Å². The highest BCUT2D eigenvalue weighted by Crippen LogP contribution is 2.02. The van der Waals surface area contributed by atoms with Crippen LogP contribution in [0.4, 0.5) is 0 Å².